The molecule has 3 aromatic rings. The Kier molecular flexibility index (Phi) is 4.67. The standard InChI is InChI=1S/C18H18N4O2/c1-13-7-5-6-8-14(13)11-19-18(24)17-16(12-23)20-22(21-17)15-9-3-2-4-10-15/h2-10,23H,11-12H2,1H3,(H,19,24). The summed E-state index contributed by atoms with van der Waals surface area (Å²) in [6, 6.07) is 17.1. The largest absolute Gasteiger partial charge is 0.390 e. The van der Waals surface area contributed by atoms with Crippen molar-refractivity contribution in [1.29, 1.82) is 0 Å². The lowest BCUT2D eigenvalue weighted by Crippen LogP contribution is -2.25. The Hall–Kier alpha value is -2.99. The highest BCUT2D eigenvalue weighted by molar-refractivity contribution is 5.93. The first-order valence-corrected chi connectivity index (χ1v) is 7.64. The van der Waals surface area contributed by atoms with Gasteiger partial charge in [0.2, 0.25) is 0 Å². The van der Waals surface area contributed by atoms with Crippen LogP contribution in [0.1, 0.15) is 27.3 Å². The summed E-state index contributed by atoms with van der Waals surface area (Å²) in [6.07, 6.45) is 0. The quantitative estimate of drug-likeness (QED) is 0.753. The number of rotatable bonds is 5. The number of carbonyl (C=O) groups is 1. The van der Waals surface area contributed by atoms with Gasteiger partial charge in [-0.25, -0.2) is 0 Å². The lowest BCUT2D eigenvalue weighted by molar-refractivity contribution is 0.0942. The number of aliphatic hydroxyl groups is 1. The molecular formula is C18H18N4O2. The second kappa shape index (κ2) is 7.06. The van der Waals surface area contributed by atoms with Gasteiger partial charge in [0.05, 0.1) is 12.3 Å². The summed E-state index contributed by atoms with van der Waals surface area (Å²) in [5.74, 6) is -0.357. The molecule has 0 radical (unpaired) electrons. The molecule has 24 heavy (non-hydrogen) atoms. The van der Waals surface area contributed by atoms with E-state index in [-0.39, 0.29) is 23.9 Å². The van der Waals surface area contributed by atoms with Crippen molar-refractivity contribution in [3.05, 3.63) is 77.1 Å². The van der Waals surface area contributed by atoms with Crippen LogP contribution in [0.25, 0.3) is 5.69 Å². The number of benzene rings is 2. The Morgan fingerprint density at radius 2 is 1.79 bits per heavy atom. The molecule has 2 aromatic carbocycles. The maximum absolute atomic E-state index is 12.4. The minimum atomic E-state index is -0.357. The Morgan fingerprint density at radius 1 is 1.08 bits per heavy atom. The lowest BCUT2D eigenvalue weighted by Gasteiger charge is -2.06. The molecule has 2 N–H and O–H groups in total. The highest BCUT2D eigenvalue weighted by atomic mass is 16.3. The molecule has 6 heteroatoms. The van der Waals surface area contributed by atoms with E-state index in [4.69, 9.17) is 0 Å². The summed E-state index contributed by atoms with van der Waals surface area (Å²) in [7, 11) is 0. The van der Waals surface area contributed by atoms with Gasteiger partial charge in [-0.15, -0.1) is 10.2 Å². The first-order valence-electron chi connectivity index (χ1n) is 7.64. The minimum Gasteiger partial charge on any atom is -0.390 e. The van der Waals surface area contributed by atoms with Gasteiger partial charge < -0.3 is 10.4 Å². The molecule has 0 unspecified atom stereocenters. The third-order valence-electron chi connectivity index (χ3n) is 3.74. The molecule has 1 amide bonds. The van der Waals surface area contributed by atoms with E-state index < -0.39 is 0 Å². The van der Waals surface area contributed by atoms with E-state index in [9.17, 15) is 9.90 Å². The zero-order chi connectivity index (χ0) is 16.9. The summed E-state index contributed by atoms with van der Waals surface area (Å²) in [6.45, 7) is 2.04. The van der Waals surface area contributed by atoms with Crippen molar-refractivity contribution in [2.75, 3.05) is 0 Å². The Balaban J connectivity index is 1.79. The molecule has 6 nitrogen and oxygen atoms in total. The fraction of sp³-hybridized carbons (Fsp3) is 0.167. The number of carbonyl (C=O) groups excluding carboxylic acids is 1. The molecular weight excluding hydrogens is 304 g/mol. The van der Waals surface area contributed by atoms with E-state index in [0.29, 0.717) is 6.54 Å². The van der Waals surface area contributed by atoms with Gasteiger partial charge in [-0.2, -0.15) is 4.80 Å². The maximum Gasteiger partial charge on any atom is 0.274 e. The van der Waals surface area contributed by atoms with Crippen LogP contribution in [-0.4, -0.2) is 26.0 Å². The Morgan fingerprint density at radius 3 is 2.50 bits per heavy atom. The molecule has 0 aliphatic heterocycles. The predicted molar refractivity (Wildman–Crippen MR) is 89.6 cm³/mol. The number of aliphatic hydroxyl groups excluding tert-OH is 1. The topological polar surface area (TPSA) is 80.0 Å². The third-order valence-corrected chi connectivity index (χ3v) is 3.74. The van der Waals surface area contributed by atoms with Crippen LogP contribution in [0.2, 0.25) is 0 Å². The molecule has 0 aliphatic carbocycles. The SMILES string of the molecule is Cc1ccccc1CNC(=O)c1nn(-c2ccccc2)nc1CO. The van der Waals surface area contributed by atoms with Crippen molar-refractivity contribution in [2.45, 2.75) is 20.1 Å². The van der Waals surface area contributed by atoms with Gasteiger partial charge in [-0.1, -0.05) is 42.5 Å². The summed E-state index contributed by atoms with van der Waals surface area (Å²) < 4.78 is 0. The highest BCUT2D eigenvalue weighted by Crippen LogP contribution is 2.10. The normalized spacial score (nSPS) is 10.6. The number of aromatic nitrogens is 3. The zero-order valence-electron chi connectivity index (χ0n) is 13.3. The number of hydrogen-bond donors (Lipinski definition) is 2. The van der Waals surface area contributed by atoms with Crippen LogP contribution in [0.15, 0.2) is 54.6 Å². The van der Waals surface area contributed by atoms with Crippen LogP contribution in [-0.2, 0) is 13.2 Å². The average Bonchev–Trinajstić information content (AvgIpc) is 3.06. The fourth-order valence-electron chi connectivity index (χ4n) is 2.36. The van der Waals surface area contributed by atoms with Crippen molar-refractivity contribution < 1.29 is 9.90 Å². The molecule has 0 saturated carbocycles. The van der Waals surface area contributed by atoms with E-state index in [1.54, 1.807) is 0 Å². The molecule has 0 aliphatic rings. The van der Waals surface area contributed by atoms with Crippen molar-refractivity contribution >= 4 is 5.91 Å². The van der Waals surface area contributed by atoms with Crippen LogP contribution >= 0.6 is 0 Å². The van der Waals surface area contributed by atoms with Crippen LogP contribution < -0.4 is 5.32 Å². The summed E-state index contributed by atoms with van der Waals surface area (Å²) >= 11 is 0. The van der Waals surface area contributed by atoms with Crippen molar-refractivity contribution in [3.63, 3.8) is 0 Å². The van der Waals surface area contributed by atoms with E-state index >= 15 is 0 Å². The monoisotopic (exact) mass is 322 g/mol. The molecule has 0 atom stereocenters. The molecule has 122 valence electrons. The van der Waals surface area contributed by atoms with Gasteiger partial charge >= 0.3 is 0 Å². The third kappa shape index (κ3) is 3.33. The summed E-state index contributed by atoms with van der Waals surface area (Å²) in [4.78, 5) is 13.8. The van der Waals surface area contributed by atoms with Crippen LogP contribution in [0, 0.1) is 6.92 Å². The molecule has 0 fully saturated rings. The van der Waals surface area contributed by atoms with E-state index in [0.717, 1.165) is 16.8 Å². The molecule has 3 rings (SSSR count). The van der Waals surface area contributed by atoms with E-state index in [1.165, 1.54) is 4.80 Å². The van der Waals surface area contributed by atoms with Gasteiger partial charge in [0.25, 0.3) is 5.91 Å². The first-order chi connectivity index (χ1) is 11.7. The van der Waals surface area contributed by atoms with Crippen molar-refractivity contribution in [1.82, 2.24) is 20.3 Å². The summed E-state index contributed by atoms with van der Waals surface area (Å²) in [5.41, 5.74) is 3.25. The number of aryl methyl sites for hydroxylation is 1. The Labute approximate surface area is 139 Å². The van der Waals surface area contributed by atoms with E-state index in [1.807, 2.05) is 61.5 Å². The van der Waals surface area contributed by atoms with Gasteiger partial charge in [0.15, 0.2) is 5.69 Å². The number of nitrogens with one attached hydrogen (secondary N) is 1. The number of para-hydroxylation sites is 1. The smallest absolute Gasteiger partial charge is 0.274 e. The van der Waals surface area contributed by atoms with Crippen LogP contribution in [0.4, 0.5) is 0 Å². The van der Waals surface area contributed by atoms with Gasteiger partial charge in [-0.05, 0) is 30.2 Å². The average molecular weight is 322 g/mol. The second-order valence-electron chi connectivity index (χ2n) is 5.39. The van der Waals surface area contributed by atoms with Gasteiger partial charge in [0.1, 0.15) is 5.69 Å². The van der Waals surface area contributed by atoms with Crippen molar-refractivity contribution in [3.8, 4) is 5.69 Å². The van der Waals surface area contributed by atoms with Crippen molar-refractivity contribution in [2.24, 2.45) is 0 Å². The van der Waals surface area contributed by atoms with Gasteiger partial charge in [0, 0.05) is 6.54 Å². The minimum absolute atomic E-state index is 0.134. The molecule has 1 heterocycles. The lowest BCUT2D eigenvalue weighted by atomic mass is 10.1. The summed E-state index contributed by atoms with van der Waals surface area (Å²) in [5, 5.41) is 20.7. The molecule has 0 saturated heterocycles. The fourth-order valence-corrected chi connectivity index (χ4v) is 2.36. The molecule has 0 spiro atoms. The number of nitrogens with zero attached hydrogens (tertiary/aromatic N) is 3. The maximum atomic E-state index is 12.4. The number of hydrogen-bond acceptors (Lipinski definition) is 4. The first kappa shape index (κ1) is 15.9. The van der Waals surface area contributed by atoms with E-state index in [2.05, 4.69) is 15.5 Å². The predicted octanol–water partition coefficient (Wildman–Crippen LogP) is 2.00. The van der Waals surface area contributed by atoms with Gasteiger partial charge in [-0.3, -0.25) is 4.79 Å². The van der Waals surface area contributed by atoms with Crippen LogP contribution in [0.3, 0.4) is 0 Å². The highest BCUT2D eigenvalue weighted by Gasteiger charge is 2.18. The van der Waals surface area contributed by atoms with Crippen LogP contribution in [0.5, 0.6) is 0 Å². The second-order valence-corrected chi connectivity index (χ2v) is 5.39. The zero-order valence-corrected chi connectivity index (χ0v) is 13.3. The number of amides is 1. The molecule has 1 aromatic heterocycles. The Bertz CT molecular complexity index is 843. The molecule has 0 bridgehead atoms.